The quantitative estimate of drug-likeness (QED) is 0.319. The third kappa shape index (κ3) is 3.84. The molecule has 1 aromatic carbocycles. The van der Waals surface area contributed by atoms with Gasteiger partial charge in [0.25, 0.3) is 0 Å². The first kappa shape index (κ1) is 18.4. The molecule has 4 rings (SSSR count). The molecule has 6 nitrogen and oxygen atoms in total. The Balaban J connectivity index is 1.50. The van der Waals surface area contributed by atoms with Crippen LogP contribution in [0.2, 0.25) is 0 Å². The van der Waals surface area contributed by atoms with E-state index in [1.165, 1.54) is 6.07 Å². The molecule has 1 aliphatic rings. The number of pyridine rings is 1. The molecule has 0 saturated carbocycles. The van der Waals surface area contributed by atoms with Gasteiger partial charge in [-0.25, -0.2) is 4.39 Å². The van der Waals surface area contributed by atoms with Crippen LogP contribution in [0.25, 0.3) is 11.0 Å². The Morgan fingerprint density at radius 2 is 2.14 bits per heavy atom. The van der Waals surface area contributed by atoms with Crippen molar-refractivity contribution in [3.8, 4) is 0 Å². The molecule has 0 amide bonds. The summed E-state index contributed by atoms with van der Waals surface area (Å²) < 4.78 is 24.0. The van der Waals surface area contributed by atoms with Gasteiger partial charge in [-0.15, -0.1) is 0 Å². The molecule has 0 unspecified atom stereocenters. The van der Waals surface area contributed by atoms with Crippen LogP contribution >= 0.6 is 0 Å². The average molecular weight is 383 g/mol. The molecule has 2 N–H and O–H groups in total. The molecule has 7 heteroatoms. The number of benzene rings is 1. The molecule has 1 fully saturated rings. The maximum absolute atomic E-state index is 14.7. The standard InChI is InChI=1S/C21H24FN4O2/c1-25-9-2-3-20-19(25)6-10-26(20)14-16-5-4-15(13-18(16)22)21(23)24-28-17-7-11-27-12-8-17/h2-6,9-10,13,17H,7-8,11-12,14H2,1H3,(H2,23,24)/q+1. The van der Waals surface area contributed by atoms with Gasteiger partial charge in [-0.05, 0) is 12.1 Å². The van der Waals surface area contributed by atoms with Crippen LogP contribution in [0.4, 0.5) is 4.39 Å². The Kier molecular flexibility index (Phi) is 5.25. The summed E-state index contributed by atoms with van der Waals surface area (Å²) in [5.74, 6) is -0.140. The number of nitrogens with two attached hydrogens (primary N) is 1. The number of ether oxygens (including phenoxy) is 1. The second-order valence-corrected chi connectivity index (χ2v) is 7.03. The van der Waals surface area contributed by atoms with Gasteiger partial charge in [-0.2, -0.15) is 4.57 Å². The number of oxime groups is 1. The van der Waals surface area contributed by atoms with Gasteiger partial charge in [-0.3, -0.25) is 0 Å². The van der Waals surface area contributed by atoms with Gasteiger partial charge in [0.1, 0.15) is 24.5 Å². The van der Waals surface area contributed by atoms with Crippen molar-refractivity contribution < 1.29 is 18.5 Å². The molecule has 1 saturated heterocycles. The number of hydrogen-bond donors (Lipinski definition) is 1. The highest BCUT2D eigenvalue weighted by Gasteiger charge is 2.16. The Bertz CT molecular complexity index is 1010. The molecular formula is C21H24FN4O2+. The van der Waals surface area contributed by atoms with Crippen molar-refractivity contribution in [2.24, 2.45) is 17.9 Å². The minimum absolute atomic E-state index is 0.000214. The highest BCUT2D eigenvalue weighted by Crippen LogP contribution is 2.17. The van der Waals surface area contributed by atoms with E-state index in [9.17, 15) is 4.39 Å². The van der Waals surface area contributed by atoms with Crippen LogP contribution in [0.1, 0.15) is 24.0 Å². The molecule has 1 aliphatic heterocycles. The van der Waals surface area contributed by atoms with Crippen LogP contribution in [0, 0.1) is 5.82 Å². The van der Waals surface area contributed by atoms with Gasteiger partial charge in [0, 0.05) is 42.3 Å². The smallest absolute Gasteiger partial charge is 0.230 e. The normalized spacial score (nSPS) is 15.9. The first-order valence-corrected chi connectivity index (χ1v) is 9.41. The third-order valence-corrected chi connectivity index (χ3v) is 5.09. The van der Waals surface area contributed by atoms with Crippen LogP contribution < -0.4 is 10.3 Å². The summed E-state index contributed by atoms with van der Waals surface area (Å²) >= 11 is 0. The zero-order valence-corrected chi connectivity index (χ0v) is 15.8. The number of aryl methyl sites for hydroxylation is 1. The van der Waals surface area contributed by atoms with E-state index in [1.807, 2.05) is 46.8 Å². The van der Waals surface area contributed by atoms with E-state index in [0.29, 0.717) is 30.9 Å². The maximum Gasteiger partial charge on any atom is 0.230 e. The second-order valence-electron chi connectivity index (χ2n) is 7.03. The lowest BCUT2D eigenvalue weighted by molar-refractivity contribution is -0.644. The molecule has 0 spiro atoms. The Labute approximate surface area is 163 Å². The van der Waals surface area contributed by atoms with Crippen LogP contribution in [0.3, 0.4) is 0 Å². The van der Waals surface area contributed by atoms with Gasteiger partial charge in [0.15, 0.2) is 12.0 Å². The van der Waals surface area contributed by atoms with Crippen LogP contribution in [-0.4, -0.2) is 29.7 Å². The van der Waals surface area contributed by atoms with Crippen molar-refractivity contribution in [1.29, 1.82) is 0 Å². The van der Waals surface area contributed by atoms with Crippen molar-refractivity contribution in [3.05, 3.63) is 65.7 Å². The molecule has 0 bridgehead atoms. The number of nitrogens with zero attached hydrogens (tertiary/aromatic N) is 3. The monoisotopic (exact) mass is 383 g/mol. The highest BCUT2D eigenvalue weighted by atomic mass is 19.1. The fourth-order valence-corrected chi connectivity index (χ4v) is 3.42. The zero-order valence-electron chi connectivity index (χ0n) is 15.8. The summed E-state index contributed by atoms with van der Waals surface area (Å²) in [4.78, 5) is 5.47. The van der Waals surface area contributed by atoms with E-state index in [4.69, 9.17) is 15.3 Å². The van der Waals surface area contributed by atoms with Gasteiger partial charge < -0.3 is 19.9 Å². The van der Waals surface area contributed by atoms with E-state index in [0.717, 1.165) is 23.9 Å². The molecule has 28 heavy (non-hydrogen) atoms. The lowest BCUT2D eigenvalue weighted by Crippen LogP contribution is -2.27. The fourth-order valence-electron chi connectivity index (χ4n) is 3.42. The van der Waals surface area contributed by atoms with Gasteiger partial charge in [0.05, 0.1) is 19.8 Å². The van der Waals surface area contributed by atoms with Gasteiger partial charge in [0.2, 0.25) is 5.52 Å². The SMILES string of the molecule is C[n+]1cccc2c1ccn2Cc1ccc(C(N)=NOC2CCOCC2)cc1F. The minimum atomic E-state index is -0.316. The molecule has 3 heterocycles. The van der Waals surface area contributed by atoms with Crippen molar-refractivity contribution >= 4 is 16.9 Å². The van der Waals surface area contributed by atoms with Crippen molar-refractivity contribution in [1.82, 2.24) is 4.57 Å². The summed E-state index contributed by atoms with van der Waals surface area (Å²) in [5.41, 5.74) is 9.23. The van der Waals surface area contributed by atoms with Gasteiger partial charge in [-0.1, -0.05) is 17.3 Å². The molecule has 3 aromatic rings. The zero-order chi connectivity index (χ0) is 19.5. The maximum atomic E-state index is 14.7. The highest BCUT2D eigenvalue weighted by molar-refractivity contribution is 5.97. The van der Waals surface area contributed by atoms with Crippen molar-refractivity contribution in [2.45, 2.75) is 25.5 Å². The largest absolute Gasteiger partial charge is 0.391 e. The number of rotatable bonds is 5. The number of aromatic nitrogens is 2. The summed E-state index contributed by atoms with van der Waals surface area (Å²) in [6.07, 6.45) is 5.53. The Hall–Kier alpha value is -2.93. The van der Waals surface area contributed by atoms with Crippen LogP contribution in [0.5, 0.6) is 0 Å². The second kappa shape index (κ2) is 7.98. The van der Waals surface area contributed by atoms with Crippen molar-refractivity contribution in [2.75, 3.05) is 13.2 Å². The molecule has 2 aromatic heterocycles. The summed E-state index contributed by atoms with van der Waals surface area (Å²) in [6, 6.07) is 11.0. The first-order chi connectivity index (χ1) is 13.6. The number of fused-ring (bicyclic) bond motifs is 1. The van der Waals surface area contributed by atoms with Gasteiger partial charge >= 0.3 is 0 Å². The minimum Gasteiger partial charge on any atom is -0.391 e. The fraction of sp³-hybridized carbons (Fsp3) is 0.333. The van der Waals surface area contributed by atoms with E-state index < -0.39 is 0 Å². The Morgan fingerprint density at radius 1 is 1.32 bits per heavy atom. The number of hydrogen-bond acceptors (Lipinski definition) is 3. The summed E-state index contributed by atoms with van der Waals surface area (Å²) in [7, 11) is 1.99. The predicted octanol–water partition coefficient (Wildman–Crippen LogP) is 2.47. The number of halogens is 1. The average Bonchev–Trinajstić information content (AvgIpc) is 3.13. The van der Waals surface area contributed by atoms with E-state index in [2.05, 4.69) is 5.16 Å². The Morgan fingerprint density at radius 3 is 2.93 bits per heavy atom. The molecule has 0 atom stereocenters. The predicted molar refractivity (Wildman–Crippen MR) is 104 cm³/mol. The first-order valence-electron chi connectivity index (χ1n) is 9.41. The summed E-state index contributed by atoms with van der Waals surface area (Å²) in [5, 5.41) is 3.98. The summed E-state index contributed by atoms with van der Waals surface area (Å²) in [6.45, 7) is 1.76. The van der Waals surface area contributed by atoms with Crippen LogP contribution in [0.15, 0.2) is 53.9 Å². The van der Waals surface area contributed by atoms with E-state index in [-0.39, 0.29) is 17.8 Å². The third-order valence-electron chi connectivity index (χ3n) is 5.09. The van der Waals surface area contributed by atoms with Crippen molar-refractivity contribution in [3.63, 3.8) is 0 Å². The van der Waals surface area contributed by atoms with E-state index >= 15 is 0 Å². The topological polar surface area (TPSA) is 65.7 Å². The van der Waals surface area contributed by atoms with E-state index in [1.54, 1.807) is 12.1 Å². The number of amidine groups is 1. The lowest BCUT2D eigenvalue weighted by Gasteiger charge is -2.20. The molecular weight excluding hydrogens is 359 g/mol. The molecule has 146 valence electrons. The molecule has 0 radical (unpaired) electrons. The molecule has 0 aliphatic carbocycles. The van der Waals surface area contributed by atoms with Crippen LogP contribution in [-0.2, 0) is 23.2 Å². The lowest BCUT2D eigenvalue weighted by atomic mass is 10.1.